The van der Waals surface area contributed by atoms with Gasteiger partial charge < -0.3 is 5.32 Å². The zero-order valence-electron chi connectivity index (χ0n) is 13.9. The van der Waals surface area contributed by atoms with E-state index < -0.39 is 0 Å². The third kappa shape index (κ3) is 2.92. The molecule has 8 heteroatoms. The van der Waals surface area contributed by atoms with E-state index >= 15 is 0 Å². The van der Waals surface area contributed by atoms with Gasteiger partial charge in [-0.05, 0) is 18.2 Å². The number of para-hydroxylation sites is 1. The predicted molar refractivity (Wildman–Crippen MR) is 94.8 cm³/mol. The summed E-state index contributed by atoms with van der Waals surface area (Å²) in [5, 5.41) is 15.9. The van der Waals surface area contributed by atoms with Crippen LogP contribution < -0.4 is 5.32 Å². The van der Waals surface area contributed by atoms with E-state index in [2.05, 4.69) is 20.6 Å². The zero-order chi connectivity index (χ0) is 18.1. The quantitative estimate of drug-likeness (QED) is 0.614. The van der Waals surface area contributed by atoms with Gasteiger partial charge in [0.15, 0.2) is 5.82 Å². The molecular weight excluding hydrogens is 335 g/mol. The Balaban J connectivity index is 1.70. The summed E-state index contributed by atoms with van der Waals surface area (Å²) in [5.41, 5.74) is 1.66. The van der Waals surface area contributed by atoms with Crippen LogP contribution in [0.4, 0.5) is 10.2 Å². The van der Waals surface area contributed by atoms with Crippen molar-refractivity contribution in [2.24, 2.45) is 7.05 Å². The number of benzene rings is 2. The molecule has 4 aromatic rings. The fourth-order valence-electron chi connectivity index (χ4n) is 2.82. The summed E-state index contributed by atoms with van der Waals surface area (Å²) in [7, 11) is 1.66. The molecule has 0 aliphatic carbocycles. The minimum atomic E-state index is -0.355. The van der Waals surface area contributed by atoms with Crippen LogP contribution in [0.3, 0.4) is 0 Å². The van der Waals surface area contributed by atoms with E-state index in [4.69, 9.17) is 0 Å². The van der Waals surface area contributed by atoms with Crippen molar-refractivity contribution in [3.8, 4) is 11.3 Å². The van der Waals surface area contributed by atoms with Crippen molar-refractivity contribution >= 4 is 22.6 Å². The maximum Gasteiger partial charge on any atom is 0.247 e. The van der Waals surface area contributed by atoms with Gasteiger partial charge in [-0.3, -0.25) is 9.48 Å². The van der Waals surface area contributed by atoms with Gasteiger partial charge in [0.2, 0.25) is 5.91 Å². The van der Waals surface area contributed by atoms with E-state index in [9.17, 15) is 9.18 Å². The lowest BCUT2D eigenvalue weighted by atomic mass is 10.1. The Morgan fingerprint density at radius 3 is 2.65 bits per heavy atom. The molecule has 4 rings (SSSR count). The molecular formula is C18H15FN6O. The van der Waals surface area contributed by atoms with Gasteiger partial charge in [0, 0.05) is 18.0 Å². The molecule has 0 saturated carbocycles. The number of amides is 1. The molecule has 0 aliphatic heterocycles. The SMILES string of the molecule is Cn1ncc(NC(=O)Cn2nc(-c3ccccc3F)c3ccccc32)n1. The first-order valence-corrected chi connectivity index (χ1v) is 7.98. The van der Waals surface area contributed by atoms with Gasteiger partial charge >= 0.3 is 0 Å². The molecule has 0 spiro atoms. The highest BCUT2D eigenvalue weighted by Crippen LogP contribution is 2.29. The third-order valence-corrected chi connectivity index (χ3v) is 3.95. The van der Waals surface area contributed by atoms with Crippen molar-refractivity contribution in [3.63, 3.8) is 0 Å². The molecule has 0 atom stereocenters. The lowest BCUT2D eigenvalue weighted by Crippen LogP contribution is -2.19. The average Bonchev–Trinajstić information content (AvgIpc) is 3.19. The smallest absolute Gasteiger partial charge is 0.247 e. The van der Waals surface area contributed by atoms with Crippen LogP contribution in [0.1, 0.15) is 0 Å². The van der Waals surface area contributed by atoms with E-state index in [1.54, 1.807) is 29.9 Å². The van der Waals surface area contributed by atoms with Crippen LogP contribution in [0.25, 0.3) is 22.2 Å². The molecule has 0 unspecified atom stereocenters. The maximum atomic E-state index is 14.2. The number of nitrogens with one attached hydrogen (secondary N) is 1. The summed E-state index contributed by atoms with van der Waals surface area (Å²) < 4.78 is 15.8. The van der Waals surface area contributed by atoms with Crippen LogP contribution in [0.2, 0.25) is 0 Å². The molecule has 26 heavy (non-hydrogen) atoms. The first-order valence-electron chi connectivity index (χ1n) is 7.98. The number of carbonyl (C=O) groups is 1. The van der Waals surface area contributed by atoms with Crippen LogP contribution in [-0.4, -0.2) is 30.7 Å². The molecule has 1 N–H and O–H groups in total. The highest BCUT2D eigenvalue weighted by atomic mass is 19.1. The largest absolute Gasteiger partial charge is 0.306 e. The number of anilines is 1. The summed E-state index contributed by atoms with van der Waals surface area (Å²) >= 11 is 0. The first kappa shape index (κ1) is 15.9. The number of aryl methyl sites for hydroxylation is 1. The molecule has 1 amide bonds. The summed E-state index contributed by atoms with van der Waals surface area (Å²) in [5.74, 6) is -0.283. The van der Waals surface area contributed by atoms with Gasteiger partial charge in [0.05, 0.1) is 11.7 Å². The third-order valence-electron chi connectivity index (χ3n) is 3.95. The Kier molecular flexibility index (Phi) is 3.92. The first-order chi connectivity index (χ1) is 12.6. The number of hydrogen-bond acceptors (Lipinski definition) is 4. The van der Waals surface area contributed by atoms with Crippen LogP contribution in [-0.2, 0) is 18.4 Å². The van der Waals surface area contributed by atoms with Crippen molar-refractivity contribution < 1.29 is 9.18 Å². The molecule has 2 heterocycles. The van der Waals surface area contributed by atoms with E-state index in [-0.39, 0.29) is 18.3 Å². The fraction of sp³-hybridized carbons (Fsp3) is 0.111. The Morgan fingerprint density at radius 1 is 1.12 bits per heavy atom. The van der Waals surface area contributed by atoms with Crippen LogP contribution in [0, 0.1) is 5.82 Å². The van der Waals surface area contributed by atoms with Gasteiger partial charge in [-0.15, -0.1) is 5.10 Å². The highest BCUT2D eigenvalue weighted by Gasteiger charge is 2.16. The standard InChI is InChI=1S/C18H15FN6O/c1-24-20-10-16(22-24)21-17(26)11-25-15-9-5-3-7-13(15)18(23-25)12-6-2-4-8-14(12)19/h2-10H,11H2,1H3,(H,21,22,26). The molecule has 0 radical (unpaired) electrons. The zero-order valence-corrected chi connectivity index (χ0v) is 13.9. The number of nitrogens with zero attached hydrogens (tertiary/aromatic N) is 5. The summed E-state index contributed by atoms with van der Waals surface area (Å²) in [6.45, 7) is -0.0223. The normalized spacial score (nSPS) is 11.0. The van der Waals surface area contributed by atoms with Gasteiger partial charge in [-0.25, -0.2) is 4.39 Å². The van der Waals surface area contributed by atoms with E-state index in [0.29, 0.717) is 17.1 Å². The minimum absolute atomic E-state index is 0.0223. The van der Waals surface area contributed by atoms with Crippen molar-refractivity contribution in [2.75, 3.05) is 5.32 Å². The molecule has 2 aromatic heterocycles. The Bertz CT molecular complexity index is 1100. The number of aromatic nitrogens is 5. The lowest BCUT2D eigenvalue weighted by molar-refractivity contribution is -0.116. The predicted octanol–water partition coefficient (Wildman–Crippen LogP) is 2.61. The number of rotatable bonds is 4. The Labute approximate surface area is 148 Å². The average molecular weight is 350 g/mol. The van der Waals surface area contributed by atoms with E-state index in [1.165, 1.54) is 17.1 Å². The van der Waals surface area contributed by atoms with Crippen molar-refractivity contribution in [2.45, 2.75) is 6.54 Å². The van der Waals surface area contributed by atoms with Gasteiger partial charge in [-0.1, -0.05) is 30.3 Å². The number of fused-ring (bicyclic) bond motifs is 1. The topological polar surface area (TPSA) is 77.6 Å². The Morgan fingerprint density at radius 2 is 1.88 bits per heavy atom. The van der Waals surface area contributed by atoms with Crippen LogP contribution in [0.15, 0.2) is 54.7 Å². The summed E-state index contributed by atoms with van der Waals surface area (Å²) in [4.78, 5) is 13.7. The van der Waals surface area contributed by atoms with Gasteiger partial charge in [-0.2, -0.15) is 15.0 Å². The van der Waals surface area contributed by atoms with E-state index in [0.717, 1.165) is 10.9 Å². The lowest BCUT2D eigenvalue weighted by Gasteiger charge is -2.03. The van der Waals surface area contributed by atoms with Crippen LogP contribution in [0.5, 0.6) is 0 Å². The summed E-state index contributed by atoms with van der Waals surface area (Å²) in [6, 6.07) is 13.9. The highest BCUT2D eigenvalue weighted by molar-refractivity contribution is 5.95. The van der Waals surface area contributed by atoms with Gasteiger partial charge in [0.1, 0.15) is 18.1 Å². The van der Waals surface area contributed by atoms with Gasteiger partial charge in [0.25, 0.3) is 0 Å². The summed E-state index contributed by atoms with van der Waals surface area (Å²) in [6.07, 6.45) is 1.46. The number of halogens is 1. The monoisotopic (exact) mass is 350 g/mol. The molecule has 0 bridgehead atoms. The van der Waals surface area contributed by atoms with Crippen molar-refractivity contribution in [3.05, 3.63) is 60.5 Å². The molecule has 7 nitrogen and oxygen atoms in total. The van der Waals surface area contributed by atoms with Crippen LogP contribution >= 0.6 is 0 Å². The fourth-order valence-corrected chi connectivity index (χ4v) is 2.82. The second-order valence-corrected chi connectivity index (χ2v) is 5.77. The van der Waals surface area contributed by atoms with Crippen molar-refractivity contribution in [1.82, 2.24) is 24.8 Å². The number of hydrogen-bond donors (Lipinski definition) is 1. The number of carbonyl (C=O) groups excluding carboxylic acids is 1. The van der Waals surface area contributed by atoms with Crippen molar-refractivity contribution in [1.29, 1.82) is 0 Å². The Hall–Kier alpha value is -3.55. The molecule has 130 valence electrons. The second-order valence-electron chi connectivity index (χ2n) is 5.77. The molecule has 0 saturated heterocycles. The van der Waals surface area contributed by atoms with E-state index in [1.807, 2.05) is 24.3 Å². The molecule has 0 fully saturated rings. The molecule has 0 aliphatic rings. The maximum absolute atomic E-state index is 14.2. The molecule has 2 aromatic carbocycles. The minimum Gasteiger partial charge on any atom is -0.306 e. The second kappa shape index (κ2) is 6.40.